The number of hydrogen-bond acceptors (Lipinski definition) is 6. The Morgan fingerprint density at radius 3 is 2.70 bits per heavy atom. The largest absolute Gasteiger partial charge is 0.496 e. The predicted molar refractivity (Wildman–Crippen MR) is 116 cm³/mol. The van der Waals surface area contributed by atoms with Crippen LogP contribution in [0.3, 0.4) is 0 Å². The molecule has 3 rings (SSSR count). The molecule has 0 fully saturated rings. The van der Waals surface area contributed by atoms with Crippen LogP contribution in [0.2, 0.25) is 0 Å². The maximum atomic E-state index is 13.7. The first-order chi connectivity index (χ1) is 14.4. The molecular formula is C23H28N4O3. The fraction of sp³-hybridized carbons (Fsp3) is 0.391. The van der Waals surface area contributed by atoms with E-state index in [0.717, 1.165) is 25.1 Å². The van der Waals surface area contributed by atoms with Crippen LogP contribution in [-0.4, -0.2) is 37.2 Å². The molecule has 0 amide bonds. The van der Waals surface area contributed by atoms with E-state index in [1.165, 1.54) is 0 Å². The molecule has 1 aliphatic heterocycles. The molecule has 0 saturated heterocycles. The zero-order valence-electron chi connectivity index (χ0n) is 17.9. The normalized spacial score (nSPS) is 15.5. The third-order valence-electron chi connectivity index (χ3n) is 5.30. The molecule has 1 aromatic carbocycles. The highest BCUT2D eigenvalue weighted by Gasteiger charge is 2.36. The summed E-state index contributed by atoms with van der Waals surface area (Å²) in [6.45, 7) is 3.34. The highest BCUT2D eigenvalue weighted by molar-refractivity contribution is 5.58. The van der Waals surface area contributed by atoms with Gasteiger partial charge in [0.1, 0.15) is 23.1 Å². The summed E-state index contributed by atoms with van der Waals surface area (Å²) in [6.07, 6.45) is 1.64. The number of fused-ring (bicyclic) bond motifs is 1. The lowest BCUT2D eigenvalue weighted by Crippen LogP contribution is -2.35. The van der Waals surface area contributed by atoms with E-state index >= 15 is 0 Å². The molecule has 1 atom stereocenters. The Bertz CT molecular complexity index is 1060. The van der Waals surface area contributed by atoms with E-state index in [1.54, 1.807) is 11.7 Å². The topological polar surface area (TPSA) is 93.5 Å². The Kier molecular flexibility index (Phi) is 6.48. The lowest BCUT2D eigenvalue weighted by molar-refractivity contribution is 0.365. The number of allylic oxidation sites excluding steroid dienone is 1. The van der Waals surface area contributed by atoms with Crippen molar-refractivity contribution >= 4 is 0 Å². The van der Waals surface area contributed by atoms with E-state index in [1.807, 2.05) is 49.3 Å². The summed E-state index contributed by atoms with van der Waals surface area (Å²) in [5, 5.41) is 9.83. The van der Waals surface area contributed by atoms with Gasteiger partial charge >= 0.3 is 0 Å². The zero-order valence-corrected chi connectivity index (χ0v) is 17.9. The minimum absolute atomic E-state index is 0.0220. The molecule has 1 aliphatic rings. The van der Waals surface area contributed by atoms with Crippen LogP contribution in [0.15, 0.2) is 46.6 Å². The molecule has 2 aromatic rings. The Hall–Kier alpha value is -3.24. The van der Waals surface area contributed by atoms with Crippen LogP contribution in [0.1, 0.15) is 36.1 Å². The van der Waals surface area contributed by atoms with Gasteiger partial charge in [0.2, 0.25) is 5.88 Å². The maximum absolute atomic E-state index is 13.7. The van der Waals surface area contributed by atoms with Gasteiger partial charge in [0.15, 0.2) is 0 Å². The van der Waals surface area contributed by atoms with Gasteiger partial charge in [-0.2, -0.15) is 5.26 Å². The van der Waals surface area contributed by atoms with Crippen LogP contribution in [-0.2, 0) is 13.0 Å². The number of ether oxygens (including phenoxy) is 2. The quantitative estimate of drug-likeness (QED) is 0.757. The second kappa shape index (κ2) is 9.06. The summed E-state index contributed by atoms with van der Waals surface area (Å²) in [7, 11) is 5.51. The monoisotopic (exact) mass is 408 g/mol. The van der Waals surface area contributed by atoms with E-state index in [9.17, 15) is 10.1 Å². The molecule has 1 aromatic heterocycles. The van der Waals surface area contributed by atoms with Gasteiger partial charge in [0.25, 0.3) is 5.56 Å². The van der Waals surface area contributed by atoms with Crippen LogP contribution < -0.4 is 20.8 Å². The Labute approximate surface area is 176 Å². The fourth-order valence-electron chi connectivity index (χ4n) is 3.84. The van der Waals surface area contributed by atoms with E-state index in [-0.39, 0.29) is 17.0 Å². The molecule has 1 unspecified atom stereocenters. The number of para-hydroxylation sites is 1. The molecule has 0 aliphatic carbocycles. The van der Waals surface area contributed by atoms with Gasteiger partial charge in [-0.15, -0.1) is 0 Å². The average molecular weight is 409 g/mol. The van der Waals surface area contributed by atoms with E-state index in [2.05, 4.69) is 13.0 Å². The van der Waals surface area contributed by atoms with Crippen molar-refractivity contribution in [3.63, 3.8) is 0 Å². The standard InChI is InChI=1S/C23H28N4O3/c1-5-8-15-13-19-21(23(28)27(15)12-11-26(2)3)20(17(14-24)22(25)30-19)16-9-6-7-10-18(16)29-4/h6-7,9-10,13,20H,5,8,11-12,25H2,1-4H3. The molecule has 0 spiro atoms. The van der Waals surface area contributed by atoms with Crippen LogP contribution in [0, 0.1) is 11.3 Å². The van der Waals surface area contributed by atoms with Gasteiger partial charge in [-0.25, -0.2) is 0 Å². The minimum atomic E-state index is -0.649. The van der Waals surface area contributed by atoms with Crippen LogP contribution >= 0.6 is 0 Å². The predicted octanol–water partition coefficient (Wildman–Crippen LogP) is 2.59. The number of likely N-dealkylation sites (N-methyl/N-ethyl adjacent to an activating group) is 1. The Morgan fingerprint density at radius 2 is 2.07 bits per heavy atom. The molecule has 7 nitrogen and oxygen atoms in total. The summed E-state index contributed by atoms with van der Waals surface area (Å²) < 4.78 is 13.1. The van der Waals surface area contributed by atoms with Crippen molar-refractivity contribution in [2.45, 2.75) is 32.2 Å². The molecule has 158 valence electrons. The van der Waals surface area contributed by atoms with Crippen molar-refractivity contribution in [2.75, 3.05) is 27.7 Å². The summed E-state index contributed by atoms with van der Waals surface area (Å²) in [6, 6.07) is 11.4. The Morgan fingerprint density at radius 1 is 1.33 bits per heavy atom. The second-order valence-electron chi connectivity index (χ2n) is 7.59. The number of pyridine rings is 1. The number of benzene rings is 1. The van der Waals surface area contributed by atoms with Crippen molar-refractivity contribution in [3.8, 4) is 17.6 Å². The summed E-state index contributed by atoms with van der Waals surface area (Å²) in [4.78, 5) is 15.8. The van der Waals surface area contributed by atoms with Crippen molar-refractivity contribution in [1.29, 1.82) is 5.26 Å². The van der Waals surface area contributed by atoms with Crippen LogP contribution in [0.5, 0.6) is 11.5 Å². The van der Waals surface area contributed by atoms with Crippen LogP contribution in [0.4, 0.5) is 0 Å². The van der Waals surface area contributed by atoms with Crippen molar-refractivity contribution in [2.24, 2.45) is 5.73 Å². The first-order valence-corrected chi connectivity index (χ1v) is 10.0. The molecular weight excluding hydrogens is 380 g/mol. The molecule has 0 bridgehead atoms. The van der Waals surface area contributed by atoms with Gasteiger partial charge in [-0.1, -0.05) is 31.5 Å². The molecule has 30 heavy (non-hydrogen) atoms. The van der Waals surface area contributed by atoms with E-state index in [0.29, 0.717) is 29.2 Å². The minimum Gasteiger partial charge on any atom is -0.496 e. The van der Waals surface area contributed by atoms with E-state index in [4.69, 9.17) is 15.2 Å². The number of nitriles is 1. The fourth-order valence-corrected chi connectivity index (χ4v) is 3.84. The van der Waals surface area contributed by atoms with Crippen molar-refractivity contribution in [3.05, 3.63) is 69.0 Å². The van der Waals surface area contributed by atoms with Gasteiger partial charge in [0.05, 0.1) is 18.6 Å². The summed E-state index contributed by atoms with van der Waals surface area (Å²) in [5.41, 5.74) is 8.20. The first kappa shape index (κ1) is 21.5. The van der Waals surface area contributed by atoms with Crippen LogP contribution in [0.25, 0.3) is 0 Å². The maximum Gasteiger partial charge on any atom is 0.258 e. The number of hydrogen-bond donors (Lipinski definition) is 1. The van der Waals surface area contributed by atoms with Gasteiger partial charge in [0, 0.05) is 30.4 Å². The smallest absolute Gasteiger partial charge is 0.258 e. The second-order valence-corrected chi connectivity index (χ2v) is 7.59. The lowest BCUT2D eigenvalue weighted by atomic mass is 9.83. The van der Waals surface area contributed by atoms with Crippen molar-refractivity contribution in [1.82, 2.24) is 9.47 Å². The van der Waals surface area contributed by atoms with Crippen molar-refractivity contribution < 1.29 is 9.47 Å². The highest BCUT2D eigenvalue weighted by atomic mass is 16.5. The van der Waals surface area contributed by atoms with Gasteiger partial charge in [-0.3, -0.25) is 4.79 Å². The SMILES string of the molecule is CCCc1cc2c(c(=O)n1CCN(C)C)C(c1ccccc1OC)C(C#N)=C(N)O2. The zero-order chi connectivity index (χ0) is 21.8. The number of methoxy groups -OCH3 is 1. The number of aryl methyl sites for hydroxylation is 1. The summed E-state index contributed by atoms with van der Waals surface area (Å²) >= 11 is 0. The number of nitrogens with two attached hydrogens (primary N) is 1. The first-order valence-electron chi connectivity index (χ1n) is 10.0. The lowest BCUT2D eigenvalue weighted by Gasteiger charge is -2.28. The number of nitrogens with zero attached hydrogens (tertiary/aromatic N) is 3. The number of rotatable bonds is 7. The third kappa shape index (κ3) is 3.91. The molecule has 7 heteroatoms. The third-order valence-corrected chi connectivity index (χ3v) is 5.30. The van der Waals surface area contributed by atoms with Gasteiger partial charge in [-0.05, 0) is 26.6 Å². The summed E-state index contributed by atoms with van der Waals surface area (Å²) in [5.74, 6) is 0.377. The average Bonchev–Trinajstić information content (AvgIpc) is 2.72. The molecule has 2 N–H and O–H groups in total. The molecule has 2 heterocycles. The Balaban J connectivity index is 2.29. The molecule has 0 radical (unpaired) electrons. The number of aromatic nitrogens is 1. The highest BCUT2D eigenvalue weighted by Crippen LogP contribution is 2.43. The molecule has 0 saturated carbocycles. The van der Waals surface area contributed by atoms with E-state index < -0.39 is 5.92 Å². The van der Waals surface area contributed by atoms with Gasteiger partial charge < -0.3 is 24.7 Å².